The van der Waals surface area contributed by atoms with Crippen LogP contribution in [0.3, 0.4) is 0 Å². The van der Waals surface area contributed by atoms with E-state index in [1.165, 1.54) is 56.6 Å². The number of esters is 1. The number of rotatable bonds is 6. The van der Waals surface area contributed by atoms with Crippen molar-refractivity contribution < 1.29 is 28.5 Å². The normalized spacial score (nSPS) is 22.8. The highest BCUT2D eigenvalue weighted by Gasteiger charge is 2.33. The molecule has 0 aromatic heterocycles. The first-order valence-corrected chi connectivity index (χ1v) is 18.2. The van der Waals surface area contributed by atoms with Crippen molar-refractivity contribution in [1.29, 1.82) is 0 Å². The quantitative estimate of drug-likeness (QED) is 0.201. The number of phenols is 2. The van der Waals surface area contributed by atoms with Gasteiger partial charge >= 0.3 is 5.97 Å². The summed E-state index contributed by atoms with van der Waals surface area (Å²) < 4.78 is 33.2. The van der Waals surface area contributed by atoms with Crippen LogP contribution in [0.5, 0.6) is 11.5 Å². The summed E-state index contributed by atoms with van der Waals surface area (Å²) in [4.78, 5) is 12.7. The minimum absolute atomic E-state index is 0.0789. The average molecular weight is 667 g/mol. The molecule has 7 rings (SSSR count). The molecule has 4 aromatic rings. The van der Waals surface area contributed by atoms with Gasteiger partial charge in [0.1, 0.15) is 11.9 Å². The predicted molar refractivity (Wildman–Crippen MR) is 190 cm³/mol. The lowest BCUT2D eigenvalue weighted by atomic mass is 9.71. The molecule has 6 heteroatoms. The first-order chi connectivity index (χ1) is 23.9. The van der Waals surface area contributed by atoms with Gasteiger partial charge in [-0.25, -0.2) is 4.39 Å². The Balaban J connectivity index is 0.000000177. The van der Waals surface area contributed by atoms with Crippen molar-refractivity contribution in [3.63, 3.8) is 0 Å². The molecule has 3 aliphatic carbocycles. The van der Waals surface area contributed by atoms with E-state index in [1.54, 1.807) is 24.3 Å². The summed E-state index contributed by atoms with van der Waals surface area (Å²) in [5.41, 5.74) is 4.04. The zero-order chi connectivity index (χ0) is 34.2. The third-order valence-electron chi connectivity index (χ3n) is 11.1. The molecule has 3 fully saturated rings. The first kappa shape index (κ1) is 34.7. The van der Waals surface area contributed by atoms with E-state index in [-0.39, 0.29) is 23.6 Å². The van der Waals surface area contributed by atoms with Gasteiger partial charge in [-0.2, -0.15) is 4.39 Å². The third kappa shape index (κ3) is 8.89. The Morgan fingerprint density at radius 1 is 0.571 bits per heavy atom. The van der Waals surface area contributed by atoms with E-state index in [4.69, 9.17) is 9.84 Å². The fraction of sp³-hybridized carbons (Fsp3) is 0.419. The lowest BCUT2D eigenvalue weighted by Gasteiger charge is -2.36. The minimum Gasteiger partial charge on any atom is -0.508 e. The van der Waals surface area contributed by atoms with Crippen molar-refractivity contribution in [3.05, 3.63) is 108 Å². The summed E-state index contributed by atoms with van der Waals surface area (Å²) >= 11 is 0. The molecule has 258 valence electrons. The van der Waals surface area contributed by atoms with Crippen LogP contribution in [0.2, 0.25) is 0 Å². The minimum atomic E-state index is -1.22. The van der Waals surface area contributed by atoms with E-state index in [0.717, 1.165) is 67.6 Å². The van der Waals surface area contributed by atoms with E-state index in [1.807, 2.05) is 54.6 Å². The average Bonchev–Trinajstić information content (AvgIpc) is 3.16. The van der Waals surface area contributed by atoms with Crippen molar-refractivity contribution in [2.45, 2.75) is 95.5 Å². The Morgan fingerprint density at radius 3 is 1.82 bits per heavy atom. The molecule has 0 spiro atoms. The molecule has 0 unspecified atom stereocenters. The number of carbonyl (C=O) groups is 1. The van der Waals surface area contributed by atoms with E-state index < -0.39 is 17.4 Å². The molecule has 2 N–H and O–H groups in total. The molecule has 3 aliphatic rings. The molecule has 4 aromatic carbocycles. The van der Waals surface area contributed by atoms with E-state index in [9.17, 15) is 18.7 Å². The molecule has 49 heavy (non-hydrogen) atoms. The molecule has 0 aliphatic heterocycles. The number of halogens is 2. The molecule has 0 heterocycles. The number of carbonyl (C=O) groups excluding carboxylic acids is 1. The second kappa shape index (κ2) is 16.5. The Kier molecular flexibility index (Phi) is 11.7. The summed E-state index contributed by atoms with van der Waals surface area (Å²) in [5, 5.41) is 18.6. The molecule has 0 saturated heterocycles. The van der Waals surface area contributed by atoms with Gasteiger partial charge in [0.15, 0.2) is 11.6 Å². The van der Waals surface area contributed by atoms with E-state index in [0.29, 0.717) is 17.2 Å². The maximum absolute atomic E-state index is 13.8. The smallest absolute Gasteiger partial charge is 0.309 e. The number of benzene rings is 4. The second-order valence-corrected chi connectivity index (χ2v) is 14.2. The largest absolute Gasteiger partial charge is 0.508 e. The summed E-state index contributed by atoms with van der Waals surface area (Å²) in [7, 11) is 0. The highest BCUT2D eigenvalue weighted by Crippen LogP contribution is 2.41. The Bertz CT molecular complexity index is 1630. The van der Waals surface area contributed by atoms with Gasteiger partial charge in [0.2, 0.25) is 5.82 Å². The van der Waals surface area contributed by atoms with E-state index in [2.05, 4.69) is 0 Å². The number of ether oxygens (including phenoxy) is 1. The number of hydrogen-bond acceptors (Lipinski definition) is 4. The molecular weight excluding hydrogens is 618 g/mol. The Labute approximate surface area is 289 Å². The highest BCUT2D eigenvalue weighted by atomic mass is 19.2. The molecule has 0 bridgehead atoms. The summed E-state index contributed by atoms with van der Waals surface area (Å²) in [6.07, 6.45) is 15.8. The van der Waals surface area contributed by atoms with Crippen molar-refractivity contribution >= 4 is 5.97 Å². The standard InChI is InChI=1S/C25H36O3.C18H12F2O/c26-23-14-10-20(11-15-23)21-12-16-24(17-13-21)28-25(27)22-8-6-19(7-9-22)18-4-2-1-3-5-18;19-17-15(10-11-16(21)18(17)20)14-8-6-13(7-9-14)12-4-2-1-3-5-12/h10-11,14-15,18-19,21-22,24,26H,1-9,12-13,16-17H2;1-11,21H. The summed E-state index contributed by atoms with van der Waals surface area (Å²) in [6.45, 7) is 0. The maximum Gasteiger partial charge on any atom is 0.309 e. The van der Waals surface area contributed by atoms with Crippen LogP contribution < -0.4 is 0 Å². The van der Waals surface area contributed by atoms with Crippen LogP contribution in [0.4, 0.5) is 8.78 Å². The zero-order valence-electron chi connectivity index (χ0n) is 28.2. The first-order valence-electron chi connectivity index (χ1n) is 18.2. The molecule has 0 radical (unpaired) electrons. The highest BCUT2D eigenvalue weighted by molar-refractivity contribution is 5.73. The molecule has 4 nitrogen and oxygen atoms in total. The Morgan fingerprint density at radius 2 is 1.16 bits per heavy atom. The van der Waals surface area contributed by atoms with E-state index >= 15 is 0 Å². The topological polar surface area (TPSA) is 66.8 Å². The summed E-state index contributed by atoms with van der Waals surface area (Å²) in [6, 6.07) is 27.1. The SMILES string of the molecule is O=C(OC1CCC(c2ccc(O)cc2)CC1)C1CCC(C2CCCCC2)CC1.Oc1ccc(-c2ccc(-c3ccccc3)cc2)c(F)c1F. The third-order valence-corrected chi connectivity index (χ3v) is 11.1. The van der Waals surface area contributed by atoms with Crippen LogP contribution >= 0.6 is 0 Å². The van der Waals surface area contributed by atoms with Gasteiger partial charge in [-0.05, 0) is 116 Å². The lowest BCUT2D eigenvalue weighted by molar-refractivity contribution is -0.157. The second-order valence-electron chi connectivity index (χ2n) is 14.2. The maximum atomic E-state index is 13.8. The van der Waals surface area contributed by atoms with Gasteiger partial charge in [-0.3, -0.25) is 4.79 Å². The number of hydrogen-bond donors (Lipinski definition) is 2. The van der Waals surface area contributed by atoms with Crippen molar-refractivity contribution in [2.75, 3.05) is 0 Å². The fourth-order valence-corrected chi connectivity index (χ4v) is 8.19. The van der Waals surface area contributed by atoms with Gasteiger partial charge < -0.3 is 14.9 Å². The number of aromatic hydroxyl groups is 2. The molecule has 0 atom stereocenters. The van der Waals surface area contributed by atoms with Crippen LogP contribution in [0, 0.1) is 29.4 Å². The van der Waals surface area contributed by atoms with Crippen molar-refractivity contribution in [1.82, 2.24) is 0 Å². The van der Waals surface area contributed by atoms with Gasteiger partial charge in [0.05, 0.1) is 5.92 Å². The van der Waals surface area contributed by atoms with Crippen molar-refractivity contribution in [2.24, 2.45) is 17.8 Å². The predicted octanol–water partition coefficient (Wildman–Crippen LogP) is 11.4. The van der Waals surface area contributed by atoms with Gasteiger partial charge in [-0.15, -0.1) is 0 Å². The van der Waals surface area contributed by atoms with Crippen LogP contribution in [-0.2, 0) is 9.53 Å². The van der Waals surface area contributed by atoms with Crippen LogP contribution in [0.25, 0.3) is 22.3 Å². The zero-order valence-corrected chi connectivity index (χ0v) is 28.2. The lowest BCUT2D eigenvalue weighted by Crippen LogP contribution is -2.31. The van der Waals surface area contributed by atoms with Gasteiger partial charge in [0, 0.05) is 5.56 Å². The van der Waals surface area contributed by atoms with Gasteiger partial charge in [0.25, 0.3) is 0 Å². The monoisotopic (exact) mass is 666 g/mol. The molecule has 0 amide bonds. The van der Waals surface area contributed by atoms with Crippen LogP contribution in [0.1, 0.15) is 95.0 Å². The molecular formula is C43H48F2O4. The Hall–Kier alpha value is -4.19. The fourth-order valence-electron chi connectivity index (χ4n) is 8.19. The van der Waals surface area contributed by atoms with Crippen molar-refractivity contribution in [3.8, 4) is 33.8 Å². The van der Waals surface area contributed by atoms with Gasteiger partial charge in [-0.1, -0.05) is 98.8 Å². The van der Waals surface area contributed by atoms with Crippen LogP contribution in [-0.4, -0.2) is 22.3 Å². The molecule has 3 saturated carbocycles. The summed E-state index contributed by atoms with van der Waals surface area (Å²) in [5.74, 6) is -0.0684. The van der Waals surface area contributed by atoms with Crippen LogP contribution in [0.15, 0.2) is 91.0 Å². The number of phenolic OH excluding ortho intramolecular Hbond substituents is 2.